The molecule has 4 aliphatic rings. The molecule has 4 unspecified atom stereocenters. The molecule has 0 aromatic heterocycles. The molecule has 0 spiro atoms. The molecular formula is C31H50O3. The van der Waals surface area contributed by atoms with Crippen LogP contribution in [0.3, 0.4) is 0 Å². The van der Waals surface area contributed by atoms with Gasteiger partial charge in [0.25, 0.3) is 0 Å². The molecule has 0 aliphatic heterocycles. The Balaban J connectivity index is 1.51. The Morgan fingerprint density at radius 1 is 1.24 bits per heavy atom. The molecule has 1 N–H and O–H groups in total. The molecule has 192 valence electrons. The Hall–Kier alpha value is -1.09. The van der Waals surface area contributed by atoms with Gasteiger partial charge in [0.2, 0.25) is 0 Å². The predicted molar refractivity (Wildman–Crippen MR) is 139 cm³/mol. The molecule has 0 heterocycles. The van der Waals surface area contributed by atoms with Gasteiger partial charge in [-0.2, -0.15) is 0 Å². The van der Waals surface area contributed by atoms with Crippen molar-refractivity contribution in [1.29, 1.82) is 0 Å². The molecule has 4 aliphatic carbocycles. The van der Waals surface area contributed by atoms with E-state index in [1.165, 1.54) is 39.0 Å². The minimum atomic E-state index is -0.636. The van der Waals surface area contributed by atoms with Crippen molar-refractivity contribution in [2.45, 2.75) is 117 Å². The summed E-state index contributed by atoms with van der Waals surface area (Å²) < 4.78 is 5.61. The van der Waals surface area contributed by atoms with Crippen molar-refractivity contribution in [3.8, 4) is 0 Å². The van der Waals surface area contributed by atoms with E-state index in [1.807, 2.05) is 6.08 Å². The Labute approximate surface area is 208 Å². The molecule has 0 saturated heterocycles. The van der Waals surface area contributed by atoms with Crippen LogP contribution in [0.25, 0.3) is 0 Å². The Morgan fingerprint density at radius 3 is 2.62 bits per heavy atom. The summed E-state index contributed by atoms with van der Waals surface area (Å²) in [6.45, 7) is 17.3. The average molecular weight is 471 g/mol. The van der Waals surface area contributed by atoms with Gasteiger partial charge in [-0.05, 0) is 98.2 Å². The minimum Gasteiger partial charge on any atom is -0.462 e. The van der Waals surface area contributed by atoms with E-state index < -0.39 is 5.60 Å². The van der Waals surface area contributed by atoms with Crippen molar-refractivity contribution in [3.63, 3.8) is 0 Å². The molecule has 3 nitrogen and oxygen atoms in total. The van der Waals surface area contributed by atoms with Crippen molar-refractivity contribution >= 4 is 5.97 Å². The van der Waals surface area contributed by atoms with Crippen LogP contribution >= 0.6 is 0 Å². The summed E-state index contributed by atoms with van der Waals surface area (Å²) in [5.74, 6) is 3.57. The molecule has 0 bridgehead atoms. The zero-order valence-electron chi connectivity index (χ0n) is 22.7. The van der Waals surface area contributed by atoms with Crippen molar-refractivity contribution in [2.75, 3.05) is 0 Å². The minimum absolute atomic E-state index is 0.0780. The van der Waals surface area contributed by atoms with Crippen molar-refractivity contribution < 1.29 is 14.6 Å². The second-order valence-electron chi connectivity index (χ2n) is 13.1. The lowest BCUT2D eigenvalue weighted by Gasteiger charge is -2.58. The lowest BCUT2D eigenvalue weighted by molar-refractivity contribution is -0.148. The first kappa shape index (κ1) is 26.0. The number of rotatable bonds is 7. The number of hydrogen-bond donors (Lipinski definition) is 1. The number of carbonyl (C=O) groups is 1. The van der Waals surface area contributed by atoms with Crippen LogP contribution in [0.1, 0.15) is 106 Å². The van der Waals surface area contributed by atoms with E-state index in [0.717, 1.165) is 49.9 Å². The predicted octanol–water partition coefficient (Wildman–Crippen LogP) is 7.49. The lowest BCUT2D eigenvalue weighted by Crippen LogP contribution is -2.51. The molecule has 3 heteroatoms. The van der Waals surface area contributed by atoms with Crippen molar-refractivity contribution in [3.05, 3.63) is 24.3 Å². The summed E-state index contributed by atoms with van der Waals surface area (Å²) in [4.78, 5) is 11.5. The summed E-state index contributed by atoms with van der Waals surface area (Å²) in [7, 11) is 0. The highest BCUT2D eigenvalue weighted by Gasteiger charge is 2.59. The third kappa shape index (κ3) is 4.22. The normalized spacial score (nSPS) is 42.8. The van der Waals surface area contributed by atoms with E-state index in [-0.39, 0.29) is 23.4 Å². The zero-order chi connectivity index (χ0) is 24.9. The number of carbonyl (C=O) groups excluding carboxylic acids is 1. The maximum Gasteiger partial charge on any atom is 0.302 e. The Bertz CT molecular complexity index is 815. The van der Waals surface area contributed by atoms with Crippen LogP contribution in [-0.2, 0) is 9.53 Å². The summed E-state index contributed by atoms with van der Waals surface area (Å²) in [6.07, 6.45) is 15.9. The van der Waals surface area contributed by atoms with Crippen LogP contribution in [0.4, 0.5) is 0 Å². The average Bonchev–Trinajstić information content (AvgIpc) is 3.15. The molecule has 0 amide bonds. The van der Waals surface area contributed by atoms with Gasteiger partial charge in [0.1, 0.15) is 6.10 Å². The molecule has 0 aromatic carbocycles. The van der Waals surface area contributed by atoms with E-state index in [2.05, 4.69) is 47.3 Å². The summed E-state index contributed by atoms with van der Waals surface area (Å²) in [5.41, 5.74) is 1.61. The van der Waals surface area contributed by atoms with E-state index in [4.69, 9.17) is 4.74 Å². The fourth-order valence-corrected chi connectivity index (χ4v) is 9.51. The van der Waals surface area contributed by atoms with Crippen LogP contribution in [0.5, 0.6) is 0 Å². The van der Waals surface area contributed by atoms with E-state index in [1.54, 1.807) is 5.57 Å². The topological polar surface area (TPSA) is 46.5 Å². The number of fused-ring (bicyclic) bond motifs is 5. The van der Waals surface area contributed by atoms with Crippen LogP contribution in [-0.4, -0.2) is 22.8 Å². The SMILES string of the molecule is C=C[C@@H](C)C(O)(CC)C[C@@H](C)[C@H]1CCC2C3CC=C4C[C@@H](OC(C)=O)CC[C@]4(C)C3CC[C@@]21C. The van der Waals surface area contributed by atoms with Gasteiger partial charge in [0.05, 0.1) is 5.60 Å². The number of esters is 1. The lowest BCUT2D eigenvalue weighted by atomic mass is 9.47. The van der Waals surface area contributed by atoms with Gasteiger partial charge in [-0.15, -0.1) is 6.58 Å². The van der Waals surface area contributed by atoms with Crippen LogP contribution in [0, 0.1) is 46.3 Å². The molecule has 34 heavy (non-hydrogen) atoms. The largest absolute Gasteiger partial charge is 0.462 e. The fourth-order valence-electron chi connectivity index (χ4n) is 9.51. The van der Waals surface area contributed by atoms with Gasteiger partial charge in [-0.3, -0.25) is 4.79 Å². The third-order valence-electron chi connectivity index (χ3n) is 11.6. The standard InChI is InChI=1S/C31H50O3/c1-8-21(4)31(33,9-2)19-20(3)26-12-13-27-25-11-10-23-18-24(34-22(5)32)14-16-29(23,6)28(25)15-17-30(26,27)7/h8,10,20-21,24-28,33H,1,9,11-19H2,2-7H3/t20-,21-,24+,25?,26-,27?,28?,29+,30-,31?/m1/s1. The molecular weight excluding hydrogens is 420 g/mol. The highest BCUT2D eigenvalue weighted by molar-refractivity contribution is 5.66. The Morgan fingerprint density at radius 2 is 1.97 bits per heavy atom. The first-order valence-electron chi connectivity index (χ1n) is 14.2. The molecule has 3 saturated carbocycles. The molecule has 0 aromatic rings. The van der Waals surface area contributed by atoms with E-state index in [0.29, 0.717) is 17.3 Å². The maximum absolute atomic E-state index is 11.5. The third-order valence-corrected chi connectivity index (χ3v) is 11.6. The molecule has 3 fully saturated rings. The second kappa shape index (κ2) is 9.41. The molecule has 10 atom stereocenters. The molecule has 4 rings (SSSR count). The smallest absolute Gasteiger partial charge is 0.302 e. The van der Waals surface area contributed by atoms with Gasteiger partial charge in [-0.25, -0.2) is 0 Å². The monoisotopic (exact) mass is 470 g/mol. The van der Waals surface area contributed by atoms with Crippen LogP contribution in [0.2, 0.25) is 0 Å². The second-order valence-corrected chi connectivity index (χ2v) is 13.1. The van der Waals surface area contributed by atoms with Gasteiger partial charge in [0.15, 0.2) is 0 Å². The van der Waals surface area contributed by atoms with Crippen LogP contribution < -0.4 is 0 Å². The first-order chi connectivity index (χ1) is 16.0. The number of aliphatic hydroxyl groups is 1. The number of ether oxygens (including phenoxy) is 1. The fraction of sp³-hybridized carbons (Fsp3) is 0.839. The maximum atomic E-state index is 11.5. The van der Waals surface area contributed by atoms with Gasteiger partial charge in [0, 0.05) is 19.3 Å². The highest BCUT2D eigenvalue weighted by Crippen LogP contribution is 2.67. The van der Waals surface area contributed by atoms with Gasteiger partial charge < -0.3 is 9.84 Å². The molecule has 0 radical (unpaired) electrons. The number of allylic oxidation sites excluding steroid dienone is 1. The highest BCUT2D eigenvalue weighted by atomic mass is 16.5. The zero-order valence-corrected chi connectivity index (χ0v) is 22.7. The van der Waals surface area contributed by atoms with Crippen molar-refractivity contribution in [2.24, 2.45) is 46.3 Å². The Kier molecular flexibility index (Phi) is 7.19. The summed E-state index contributed by atoms with van der Waals surface area (Å²) in [5, 5.41) is 11.4. The van der Waals surface area contributed by atoms with Gasteiger partial charge in [-0.1, -0.05) is 52.3 Å². The van der Waals surface area contributed by atoms with Gasteiger partial charge >= 0.3 is 5.97 Å². The summed E-state index contributed by atoms with van der Waals surface area (Å²) in [6, 6.07) is 0. The summed E-state index contributed by atoms with van der Waals surface area (Å²) >= 11 is 0. The first-order valence-corrected chi connectivity index (χ1v) is 14.2. The number of hydrogen-bond acceptors (Lipinski definition) is 3. The van der Waals surface area contributed by atoms with Crippen molar-refractivity contribution in [1.82, 2.24) is 0 Å². The van der Waals surface area contributed by atoms with Crippen LogP contribution in [0.15, 0.2) is 24.3 Å². The quantitative estimate of drug-likeness (QED) is 0.310. The van der Waals surface area contributed by atoms with E-state index in [9.17, 15) is 9.90 Å². The van der Waals surface area contributed by atoms with E-state index >= 15 is 0 Å².